The van der Waals surface area contributed by atoms with E-state index in [0.29, 0.717) is 0 Å². The molecule has 0 fully saturated rings. The Kier molecular flexibility index (Phi) is 4.25. The van der Waals surface area contributed by atoms with Gasteiger partial charge in [-0.05, 0) is 12.3 Å². The molecular weight excluding hydrogens is 167 g/mol. The van der Waals surface area contributed by atoms with Gasteiger partial charge in [-0.2, -0.15) is 0 Å². The van der Waals surface area contributed by atoms with Gasteiger partial charge in [-0.25, -0.2) is 0 Å². The third-order valence-corrected chi connectivity index (χ3v) is 1.67. The molecule has 0 saturated carbocycles. The number of aliphatic carboxylic acids is 2. The van der Waals surface area contributed by atoms with Crippen LogP contribution in [0.4, 0.5) is 4.39 Å². The molecule has 4 nitrogen and oxygen atoms in total. The fourth-order valence-corrected chi connectivity index (χ4v) is 0.931. The summed E-state index contributed by atoms with van der Waals surface area (Å²) in [5, 5.41) is 16.9. The molecule has 2 N–H and O–H groups in total. The van der Waals surface area contributed by atoms with E-state index in [-0.39, 0.29) is 6.42 Å². The second-order valence-corrected chi connectivity index (χ2v) is 2.61. The van der Waals surface area contributed by atoms with E-state index in [4.69, 9.17) is 10.2 Å². The summed E-state index contributed by atoms with van der Waals surface area (Å²) in [7, 11) is 0. The van der Waals surface area contributed by atoms with Crippen molar-refractivity contribution >= 4 is 11.9 Å². The molecule has 0 saturated heterocycles. The summed E-state index contributed by atoms with van der Waals surface area (Å²) >= 11 is 0. The van der Waals surface area contributed by atoms with Crippen molar-refractivity contribution in [1.82, 2.24) is 0 Å². The number of carboxylic acid groups (broad SMARTS) is 2. The van der Waals surface area contributed by atoms with Gasteiger partial charge in [0.25, 0.3) is 0 Å². The van der Waals surface area contributed by atoms with Crippen LogP contribution in [0.3, 0.4) is 0 Å². The summed E-state index contributed by atoms with van der Waals surface area (Å²) in [6.07, 6.45) is -0.0384. The molecule has 0 heterocycles. The first-order valence-electron chi connectivity index (χ1n) is 3.52. The lowest BCUT2D eigenvalue weighted by Crippen LogP contribution is -2.29. The predicted molar refractivity (Wildman–Crippen MR) is 38.5 cm³/mol. The fraction of sp³-hybridized carbons (Fsp3) is 0.714. The minimum atomic E-state index is -1.50. The summed E-state index contributed by atoms with van der Waals surface area (Å²) in [6, 6.07) is 0. The molecule has 5 heteroatoms. The SMILES string of the molecule is C[C@H](CCF)C(C(=O)O)C(=O)O. The van der Waals surface area contributed by atoms with Crippen LogP contribution in [0.2, 0.25) is 0 Å². The first-order valence-corrected chi connectivity index (χ1v) is 3.52. The van der Waals surface area contributed by atoms with Crippen molar-refractivity contribution in [3.63, 3.8) is 0 Å². The third-order valence-electron chi connectivity index (χ3n) is 1.67. The van der Waals surface area contributed by atoms with E-state index in [0.717, 1.165) is 0 Å². The third kappa shape index (κ3) is 2.86. The summed E-state index contributed by atoms with van der Waals surface area (Å²) in [6.45, 7) is 0.713. The number of rotatable bonds is 5. The van der Waals surface area contributed by atoms with Gasteiger partial charge >= 0.3 is 11.9 Å². The molecule has 0 amide bonds. The molecule has 1 atom stereocenters. The maximum absolute atomic E-state index is 11.7. The lowest BCUT2D eigenvalue weighted by Gasteiger charge is -2.13. The van der Waals surface area contributed by atoms with Crippen LogP contribution in [0, 0.1) is 11.8 Å². The van der Waals surface area contributed by atoms with Crippen molar-refractivity contribution < 1.29 is 24.2 Å². The molecule has 12 heavy (non-hydrogen) atoms. The van der Waals surface area contributed by atoms with Crippen molar-refractivity contribution in [2.75, 3.05) is 6.67 Å². The van der Waals surface area contributed by atoms with Crippen LogP contribution < -0.4 is 0 Å². The molecule has 0 aromatic carbocycles. The zero-order chi connectivity index (χ0) is 9.72. The van der Waals surface area contributed by atoms with Crippen LogP contribution in [0.15, 0.2) is 0 Å². The molecular formula is C7H11FO4. The minimum absolute atomic E-state index is 0.0384. The van der Waals surface area contributed by atoms with E-state index in [1.54, 1.807) is 0 Å². The average Bonchev–Trinajstić information content (AvgIpc) is 1.85. The van der Waals surface area contributed by atoms with Crippen molar-refractivity contribution in [2.45, 2.75) is 13.3 Å². The van der Waals surface area contributed by atoms with Crippen LogP contribution >= 0.6 is 0 Å². The molecule has 0 aromatic heterocycles. The number of hydrogen-bond donors (Lipinski definition) is 2. The van der Waals surface area contributed by atoms with Crippen molar-refractivity contribution in [1.29, 1.82) is 0 Å². The highest BCUT2D eigenvalue weighted by Gasteiger charge is 2.31. The van der Waals surface area contributed by atoms with Gasteiger partial charge < -0.3 is 10.2 Å². The van der Waals surface area contributed by atoms with Crippen LogP contribution in [-0.2, 0) is 9.59 Å². The molecule has 0 aliphatic heterocycles. The molecule has 0 radical (unpaired) electrons. The number of hydrogen-bond acceptors (Lipinski definition) is 2. The van der Waals surface area contributed by atoms with Crippen molar-refractivity contribution in [2.24, 2.45) is 11.8 Å². The minimum Gasteiger partial charge on any atom is -0.481 e. The topological polar surface area (TPSA) is 74.6 Å². The molecule has 0 bridgehead atoms. The highest BCUT2D eigenvalue weighted by Crippen LogP contribution is 2.16. The maximum atomic E-state index is 11.7. The Balaban J connectivity index is 4.29. The van der Waals surface area contributed by atoms with Crippen LogP contribution in [0.1, 0.15) is 13.3 Å². The summed E-state index contributed by atoms with van der Waals surface area (Å²) in [4.78, 5) is 20.7. The lowest BCUT2D eigenvalue weighted by atomic mass is 9.92. The summed E-state index contributed by atoms with van der Waals surface area (Å²) < 4.78 is 11.7. The lowest BCUT2D eigenvalue weighted by molar-refractivity contribution is -0.157. The number of alkyl halides is 1. The van der Waals surface area contributed by atoms with Crippen molar-refractivity contribution in [3.8, 4) is 0 Å². The first kappa shape index (κ1) is 10.9. The second kappa shape index (κ2) is 4.69. The predicted octanol–water partition coefficient (Wildman–Crippen LogP) is 0.767. The summed E-state index contributed by atoms with van der Waals surface area (Å²) in [5.74, 6) is -5.00. The normalized spacial score (nSPS) is 12.9. The molecule has 0 spiro atoms. The number of carboxylic acids is 2. The summed E-state index contributed by atoms with van der Waals surface area (Å²) in [5.41, 5.74) is 0. The Hall–Kier alpha value is -1.13. The second-order valence-electron chi connectivity index (χ2n) is 2.61. The Morgan fingerprint density at radius 3 is 2.00 bits per heavy atom. The molecule has 0 rings (SSSR count). The smallest absolute Gasteiger partial charge is 0.318 e. The average molecular weight is 178 g/mol. The first-order chi connectivity index (χ1) is 5.50. The quantitative estimate of drug-likeness (QED) is 0.609. The van der Waals surface area contributed by atoms with Gasteiger partial charge in [-0.1, -0.05) is 6.92 Å². The highest BCUT2D eigenvalue weighted by molar-refractivity contribution is 5.93. The zero-order valence-corrected chi connectivity index (χ0v) is 6.66. The highest BCUT2D eigenvalue weighted by atomic mass is 19.1. The molecule has 0 aliphatic rings. The van der Waals surface area contributed by atoms with Gasteiger partial charge in [0.1, 0.15) is 0 Å². The van der Waals surface area contributed by atoms with Gasteiger partial charge in [-0.3, -0.25) is 14.0 Å². The van der Waals surface area contributed by atoms with Gasteiger partial charge in [0.05, 0.1) is 6.67 Å². The standard InChI is InChI=1S/C7H11FO4/c1-4(2-3-8)5(6(9)10)7(11)12/h4-5H,2-3H2,1H3,(H,9,10)(H,11,12)/t4-/m1/s1. The van der Waals surface area contributed by atoms with Crippen molar-refractivity contribution in [3.05, 3.63) is 0 Å². The van der Waals surface area contributed by atoms with E-state index in [9.17, 15) is 14.0 Å². The zero-order valence-electron chi connectivity index (χ0n) is 6.66. The number of halogens is 1. The molecule has 0 aliphatic carbocycles. The van der Waals surface area contributed by atoms with Gasteiger partial charge in [-0.15, -0.1) is 0 Å². The Morgan fingerprint density at radius 2 is 1.75 bits per heavy atom. The Bertz CT molecular complexity index is 166. The molecule has 70 valence electrons. The van der Waals surface area contributed by atoms with E-state index in [1.807, 2.05) is 0 Å². The van der Waals surface area contributed by atoms with Gasteiger partial charge in [0, 0.05) is 0 Å². The molecule has 0 unspecified atom stereocenters. The number of carbonyl (C=O) groups is 2. The largest absolute Gasteiger partial charge is 0.481 e. The molecule has 0 aromatic rings. The van der Waals surface area contributed by atoms with Crippen LogP contribution in [0.25, 0.3) is 0 Å². The Labute approximate surface area is 69.0 Å². The van der Waals surface area contributed by atoms with E-state index >= 15 is 0 Å². The van der Waals surface area contributed by atoms with E-state index < -0.39 is 30.4 Å². The van der Waals surface area contributed by atoms with Crippen LogP contribution in [0.5, 0.6) is 0 Å². The fourth-order valence-electron chi connectivity index (χ4n) is 0.931. The monoisotopic (exact) mass is 178 g/mol. The Morgan fingerprint density at radius 1 is 1.33 bits per heavy atom. The van der Waals surface area contributed by atoms with E-state index in [1.165, 1.54) is 6.92 Å². The van der Waals surface area contributed by atoms with E-state index in [2.05, 4.69) is 0 Å². The van der Waals surface area contributed by atoms with Crippen LogP contribution in [-0.4, -0.2) is 28.8 Å². The maximum Gasteiger partial charge on any atom is 0.318 e. The van der Waals surface area contributed by atoms with Gasteiger partial charge in [0.15, 0.2) is 5.92 Å². The van der Waals surface area contributed by atoms with Gasteiger partial charge in [0.2, 0.25) is 0 Å².